The summed E-state index contributed by atoms with van der Waals surface area (Å²) < 4.78 is 10.6. The molecule has 1 heterocycles. The maximum Gasteiger partial charge on any atom is 0.226 e. The number of carbonyl (C=O) groups excluding carboxylic acids is 1. The van der Waals surface area contributed by atoms with Crippen LogP contribution in [0.3, 0.4) is 0 Å². The topological polar surface area (TPSA) is 59.6 Å². The van der Waals surface area contributed by atoms with Gasteiger partial charge in [0.15, 0.2) is 5.75 Å². The Morgan fingerprint density at radius 2 is 2.36 bits per heavy atom. The molecule has 0 bridgehead atoms. The fourth-order valence-electron chi connectivity index (χ4n) is 2.16. The molecule has 0 aliphatic carbocycles. The average molecular weight is 345 g/mol. The van der Waals surface area contributed by atoms with E-state index in [1.54, 1.807) is 25.3 Å². The minimum Gasteiger partial charge on any atom is -0.487 e. The molecule has 0 aromatic heterocycles. The van der Waals surface area contributed by atoms with E-state index in [0.29, 0.717) is 36.1 Å². The van der Waals surface area contributed by atoms with Crippen LogP contribution >= 0.6 is 23.4 Å². The van der Waals surface area contributed by atoms with Crippen molar-refractivity contribution >= 4 is 35.0 Å². The molecule has 1 fully saturated rings. The number of benzene rings is 1. The van der Waals surface area contributed by atoms with Gasteiger partial charge in [0.25, 0.3) is 0 Å². The van der Waals surface area contributed by atoms with E-state index in [9.17, 15) is 4.79 Å². The number of hydrogen-bond donors (Lipinski definition) is 2. The molecular formula is C15H21ClN2O3S. The van der Waals surface area contributed by atoms with E-state index in [0.717, 1.165) is 18.1 Å². The third-order valence-corrected chi connectivity index (χ3v) is 4.63. The molecular weight excluding hydrogens is 324 g/mol. The number of hydrogen-bond acceptors (Lipinski definition) is 5. The van der Waals surface area contributed by atoms with Crippen molar-refractivity contribution in [3.8, 4) is 5.75 Å². The number of thioether (sulfide) groups is 1. The maximum absolute atomic E-state index is 12.2. The second-order valence-electron chi connectivity index (χ2n) is 4.94. The number of halogens is 1. The molecule has 1 aromatic rings. The molecule has 2 rings (SSSR count). The molecule has 0 spiro atoms. The van der Waals surface area contributed by atoms with Crippen LogP contribution in [0.1, 0.15) is 6.42 Å². The first-order valence-electron chi connectivity index (χ1n) is 7.22. The lowest BCUT2D eigenvalue weighted by atomic mass is 10.2. The van der Waals surface area contributed by atoms with Gasteiger partial charge in [-0.3, -0.25) is 4.79 Å². The van der Waals surface area contributed by atoms with Gasteiger partial charge < -0.3 is 20.1 Å². The Kier molecular flexibility index (Phi) is 7.32. The Morgan fingerprint density at radius 1 is 1.50 bits per heavy atom. The second kappa shape index (κ2) is 9.25. The van der Waals surface area contributed by atoms with Crippen molar-refractivity contribution in [2.45, 2.75) is 12.5 Å². The third-order valence-electron chi connectivity index (χ3n) is 3.21. The maximum atomic E-state index is 12.2. The largest absolute Gasteiger partial charge is 0.487 e. The highest BCUT2D eigenvalue weighted by Crippen LogP contribution is 2.33. The van der Waals surface area contributed by atoms with Gasteiger partial charge in [0.1, 0.15) is 6.61 Å². The Labute approximate surface area is 140 Å². The van der Waals surface area contributed by atoms with Crippen LogP contribution in [0.25, 0.3) is 0 Å². The zero-order valence-corrected chi connectivity index (χ0v) is 14.1. The molecule has 122 valence electrons. The van der Waals surface area contributed by atoms with E-state index in [2.05, 4.69) is 10.6 Å². The number of rotatable bonds is 7. The van der Waals surface area contributed by atoms with Gasteiger partial charge in [-0.1, -0.05) is 17.7 Å². The Morgan fingerprint density at radius 3 is 3.09 bits per heavy atom. The van der Waals surface area contributed by atoms with Crippen LogP contribution in [-0.4, -0.2) is 50.3 Å². The first-order valence-corrected chi connectivity index (χ1v) is 8.75. The van der Waals surface area contributed by atoms with Gasteiger partial charge in [0.05, 0.1) is 17.3 Å². The van der Waals surface area contributed by atoms with Crippen molar-refractivity contribution in [1.29, 1.82) is 0 Å². The van der Waals surface area contributed by atoms with Gasteiger partial charge in [-0.25, -0.2) is 0 Å². The summed E-state index contributed by atoms with van der Waals surface area (Å²) in [5.41, 5.74) is 0.595. The summed E-state index contributed by atoms with van der Waals surface area (Å²) in [6, 6.07) is 5.53. The molecule has 22 heavy (non-hydrogen) atoms. The minimum absolute atomic E-state index is 0.0427. The monoisotopic (exact) mass is 344 g/mol. The predicted molar refractivity (Wildman–Crippen MR) is 91.2 cm³/mol. The lowest BCUT2D eigenvalue weighted by molar-refractivity contribution is -0.116. The van der Waals surface area contributed by atoms with E-state index in [1.165, 1.54) is 0 Å². The van der Waals surface area contributed by atoms with Gasteiger partial charge in [-0.15, -0.1) is 0 Å². The molecule has 1 atom stereocenters. The Bertz CT molecular complexity index is 496. The van der Waals surface area contributed by atoms with Crippen LogP contribution in [0.2, 0.25) is 5.02 Å². The van der Waals surface area contributed by atoms with Gasteiger partial charge in [-0.2, -0.15) is 11.8 Å². The summed E-state index contributed by atoms with van der Waals surface area (Å²) in [6.07, 6.45) is 0.441. The predicted octanol–water partition coefficient (Wildman–Crippen LogP) is 2.40. The number of amides is 1. The number of anilines is 1. The van der Waals surface area contributed by atoms with Gasteiger partial charge in [0.2, 0.25) is 5.91 Å². The molecule has 1 unspecified atom stereocenters. The standard InChI is InChI=1S/C15H21ClN2O3S/c1-20-6-7-21-15-12(16)3-2-4-13(15)18-14(19)9-11-10-22-8-5-17-11/h2-4,11,17H,5-10H2,1H3,(H,18,19). The second-order valence-corrected chi connectivity index (χ2v) is 6.49. The molecule has 0 radical (unpaired) electrons. The van der Waals surface area contributed by atoms with Gasteiger partial charge in [-0.05, 0) is 12.1 Å². The molecule has 1 amide bonds. The fraction of sp³-hybridized carbons (Fsp3) is 0.533. The number of carbonyl (C=O) groups is 1. The van der Waals surface area contributed by atoms with Crippen molar-refractivity contribution < 1.29 is 14.3 Å². The fourth-order valence-corrected chi connectivity index (χ4v) is 3.34. The zero-order valence-electron chi connectivity index (χ0n) is 12.6. The molecule has 1 aliphatic rings. The number of ether oxygens (including phenoxy) is 2. The first-order chi connectivity index (χ1) is 10.7. The molecule has 0 saturated carbocycles. The summed E-state index contributed by atoms with van der Waals surface area (Å²) >= 11 is 8.02. The highest BCUT2D eigenvalue weighted by Gasteiger charge is 2.18. The van der Waals surface area contributed by atoms with Crippen molar-refractivity contribution in [2.75, 3.05) is 43.7 Å². The van der Waals surface area contributed by atoms with Crippen LogP contribution in [0.5, 0.6) is 5.75 Å². The van der Waals surface area contributed by atoms with E-state index < -0.39 is 0 Å². The average Bonchev–Trinajstić information content (AvgIpc) is 2.51. The molecule has 1 aromatic carbocycles. The number of nitrogens with one attached hydrogen (secondary N) is 2. The van der Waals surface area contributed by atoms with E-state index in [1.807, 2.05) is 11.8 Å². The lowest BCUT2D eigenvalue weighted by Gasteiger charge is -2.22. The molecule has 1 aliphatic heterocycles. The van der Waals surface area contributed by atoms with Gasteiger partial charge in [0, 0.05) is 37.6 Å². The summed E-state index contributed by atoms with van der Waals surface area (Å²) in [6.45, 7) is 1.79. The van der Waals surface area contributed by atoms with Crippen LogP contribution in [-0.2, 0) is 9.53 Å². The summed E-state index contributed by atoms with van der Waals surface area (Å²) in [4.78, 5) is 12.2. The Hall–Kier alpha value is -0.950. The lowest BCUT2D eigenvalue weighted by Crippen LogP contribution is -2.39. The van der Waals surface area contributed by atoms with Crippen molar-refractivity contribution in [1.82, 2.24) is 5.32 Å². The molecule has 7 heteroatoms. The smallest absolute Gasteiger partial charge is 0.226 e. The normalized spacial score (nSPS) is 18.0. The molecule has 5 nitrogen and oxygen atoms in total. The highest BCUT2D eigenvalue weighted by molar-refractivity contribution is 7.99. The molecule has 1 saturated heterocycles. The minimum atomic E-state index is -0.0427. The van der Waals surface area contributed by atoms with E-state index in [-0.39, 0.29) is 11.9 Å². The highest BCUT2D eigenvalue weighted by atomic mass is 35.5. The van der Waals surface area contributed by atoms with Crippen LogP contribution in [0.4, 0.5) is 5.69 Å². The van der Waals surface area contributed by atoms with Crippen molar-refractivity contribution in [3.05, 3.63) is 23.2 Å². The van der Waals surface area contributed by atoms with E-state index >= 15 is 0 Å². The SMILES string of the molecule is COCCOc1c(Cl)cccc1NC(=O)CC1CSCCN1. The van der Waals surface area contributed by atoms with Crippen molar-refractivity contribution in [3.63, 3.8) is 0 Å². The van der Waals surface area contributed by atoms with Gasteiger partial charge >= 0.3 is 0 Å². The summed E-state index contributed by atoms with van der Waals surface area (Å²) in [7, 11) is 1.60. The van der Waals surface area contributed by atoms with Crippen LogP contribution < -0.4 is 15.4 Å². The van der Waals surface area contributed by atoms with Crippen molar-refractivity contribution in [2.24, 2.45) is 0 Å². The summed E-state index contributed by atoms with van der Waals surface area (Å²) in [5.74, 6) is 2.50. The quantitative estimate of drug-likeness (QED) is 0.744. The van der Waals surface area contributed by atoms with E-state index in [4.69, 9.17) is 21.1 Å². The third kappa shape index (κ3) is 5.35. The zero-order chi connectivity index (χ0) is 15.8. The summed E-state index contributed by atoms with van der Waals surface area (Å²) in [5, 5.41) is 6.71. The Balaban J connectivity index is 1.95. The number of methoxy groups -OCH3 is 1. The first kappa shape index (κ1) is 17.4. The van der Waals surface area contributed by atoms with Crippen LogP contribution in [0, 0.1) is 0 Å². The molecule has 2 N–H and O–H groups in total. The number of para-hydroxylation sites is 1. The van der Waals surface area contributed by atoms with Crippen LogP contribution in [0.15, 0.2) is 18.2 Å².